The number of aryl methyl sites for hydroxylation is 4. The van der Waals surface area contributed by atoms with Gasteiger partial charge in [-0.3, -0.25) is 18.3 Å². The van der Waals surface area contributed by atoms with Gasteiger partial charge in [0.2, 0.25) is 5.78 Å². The summed E-state index contributed by atoms with van der Waals surface area (Å²) in [7, 11) is 1.68. The quantitative estimate of drug-likeness (QED) is 0.524. The van der Waals surface area contributed by atoms with Crippen LogP contribution in [0.25, 0.3) is 16.9 Å². The van der Waals surface area contributed by atoms with Gasteiger partial charge >= 0.3 is 5.69 Å². The maximum absolute atomic E-state index is 13.4. The number of rotatable bonds is 5. The molecule has 7 heteroatoms. The van der Waals surface area contributed by atoms with Crippen molar-refractivity contribution in [1.82, 2.24) is 23.1 Å². The third kappa shape index (κ3) is 2.92. The van der Waals surface area contributed by atoms with Gasteiger partial charge in [0.25, 0.3) is 5.56 Å². The van der Waals surface area contributed by atoms with Crippen molar-refractivity contribution in [3.05, 3.63) is 67.6 Å². The molecule has 0 saturated heterocycles. The summed E-state index contributed by atoms with van der Waals surface area (Å²) in [4.78, 5) is 31.1. The molecular weight excluding hydrogens is 366 g/mol. The summed E-state index contributed by atoms with van der Waals surface area (Å²) in [6, 6.07) is 7.88. The average Bonchev–Trinajstić information content (AvgIpc) is 3.20. The van der Waals surface area contributed by atoms with E-state index in [2.05, 4.69) is 18.4 Å². The van der Waals surface area contributed by atoms with E-state index in [0.717, 1.165) is 47.7 Å². The molecule has 0 aliphatic rings. The Kier molecular flexibility index (Phi) is 4.68. The Morgan fingerprint density at radius 3 is 2.31 bits per heavy atom. The van der Waals surface area contributed by atoms with Crippen molar-refractivity contribution in [1.29, 1.82) is 0 Å². The number of unbranched alkanes of at least 4 members (excludes halogenated alkanes) is 1. The number of aromatic nitrogens is 5. The summed E-state index contributed by atoms with van der Waals surface area (Å²) in [6.07, 6.45) is 2.11. The molecule has 3 heterocycles. The molecule has 0 saturated carbocycles. The van der Waals surface area contributed by atoms with E-state index in [4.69, 9.17) is 4.98 Å². The predicted octanol–water partition coefficient (Wildman–Crippen LogP) is 2.92. The van der Waals surface area contributed by atoms with Crippen molar-refractivity contribution in [3.63, 3.8) is 0 Å². The molecule has 0 aliphatic carbocycles. The molecule has 0 unspecified atom stereocenters. The molecule has 0 radical (unpaired) electrons. The van der Waals surface area contributed by atoms with E-state index in [-0.39, 0.29) is 17.8 Å². The Morgan fingerprint density at radius 2 is 1.66 bits per heavy atom. The zero-order valence-electron chi connectivity index (χ0n) is 17.7. The summed E-state index contributed by atoms with van der Waals surface area (Å²) in [5, 5.41) is 0. The molecule has 29 heavy (non-hydrogen) atoms. The largest absolute Gasteiger partial charge is 0.332 e. The molecule has 7 nitrogen and oxygen atoms in total. The third-order valence-electron chi connectivity index (χ3n) is 5.83. The molecule has 1 aromatic carbocycles. The monoisotopic (exact) mass is 393 g/mol. The van der Waals surface area contributed by atoms with Crippen molar-refractivity contribution in [2.45, 2.75) is 53.6 Å². The van der Waals surface area contributed by atoms with E-state index in [9.17, 15) is 9.59 Å². The first-order chi connectivity index (χ1) is 13.8. The molecule has 0 bridgehead atoms. The minimum atomic E-state index is -0.349. The highest BCUT2D eigenvalue weighted by atomic mass is 16.2. The minimum absolute atomic E-state index is 0.240. The van der Waals surface area contributed by atoms with E-state index in [1.165, 1.54) is 9.13 Å². The van der Waals surface area contributed by atoms with Gasteiger partial charge in [-0.25, -0.2) is 4.79 Å². The molecule has 4 aromatic rings. The highest BCUT2D eigenvalue weighted by Gasteiger charge is 2.22. The first-order valence-electron chi connectivity index (χ1n) is 10.1. The van der Waals surface area contributed by atoms with E-state index < -0.39 is 0 Å². The van der Waals surface area contributed by atoms with E-state index in [0.29, 0.717) is 11.2 Å². The van der Waals surface area contributed by atoms with E-state index >= 15 is 0 Å². The van der Waals surface area contributed by atoms with Crippen LogP contribution in [0.4, 0.5) is 0 Å². The topological polar surface area (TPSA) is 66.2 Å². The van der Waals surface area contributed by atoms with Crippen molar-refractivity contribution in [2.24, 2.45) is 7.05 Å². The summed E-state index contributed by atoms with van der Waals surface area (Å²) in [5.41, 5.74) is 4.39. The Balaban J connectivity index is 2.00. The standard InChI is InChI=1S/C22H27N5O2/c1-6-7-12-25-15(3)16(4)27-18-19(23-21(25)27)24(5)22(29)26(20(18)28)13-17-10-8-14(2)9-11-17/h8-11H,6-7,12-13H2,1-5H3. The molecule has 0 atom stereocenters. The number of nitrogens with zero attached hydrogens (tertiary/aromatic N) is 5. The second-order valence-corrected chi connectivity index (χ2v) is 7.81. The van der Waals surface area contributed by atoms with Crippen LogP contribution in [-0.2, 0) is 20.1 Å². The molecule has 0 spiro atoms. The van der Waals surface area contributed by atoms with Crippen LogP contribution >= 0.6 is 0 Å². The Labute approximate surface area is 168 Å². The smallest absolute Gasteiger partial charge is 0.314 e. The van der Waals surface area contributed by atoms with E-state index in [1.54, 1.807) is 7.05 Å². The molecule has 3 aromatic heterocycles. The lowest BCUT2D eigenvalue weighted by Crippen LogP contribution is -2.39. The third-order valence-corrected chi connectivity index (χ3v) is 5.83. The van der Waals surface area contributed by atoms with Gasteiger partial charge in [-0.1, -0.05) is 43.2 Å². The Hall–Kier alpha value is -3.09. The lowest BCUT2D eigenvalue weighted by atomic mass is 10.1. The van der Waals surface area contributed by atoms with Crippen molar-refractivity contribution >= 4 is 16.9 Å². The number of benzene rings is 1. The summed E-state index contributed by atoms with van der Waals surface area (Å²) in [5.74, 6) is 0.726. The van der Waals surface area contributed by atoms with Gasteiger partial charge in [-0.05, 0) is 32.8 Å². The maximum atomic E-state index is 13.4. The van der Waals surface area contributed by atoms with Crippen LogP contribution in [0.5, 0.6) is 0 Å². The molecule has 4 rings (SSSR count). The van der Waals surface area contributed by atoms with Crippen LogP contribution in [0.2, 0.25) is 0 Å². The summed E-state index contributed by atoms with van der Waals surface area (Å²) >= 11 is 0. The van der Waals surface area contributed by atoms with Crippen LogP contribution in [0, 0.1) is 20.8 Å². The van der Waals surface area contributed by atoms with Gasteiger partial charge in [0, 0.05) is 25.0 Å². The Morgan fingerprint density at radius 1 is 0.966 bits per heavy atom. The normalized spacial score (nSPS) is 11.8. The fourth-order valence-electron chi connectivity index (χ4n) is 3.91. The fraction of sp³-hybridized carbons (Fsp3) is 0.409. The van der Waals surface area contributed by atoms with Gasteiger partial charge in [0.05, 0.1) is 6.54 Å². The molecule has 152 valence electrons. The second kappa shape index (κ2) is 7.06. The van der Waals surface area contributed by atoms with Crippen LogP contribution in [0.3, 0.4) is 0 Å². The van der Waals surface area contributed by atoms with Crippen LogP contribution in [0.15, 0.2) is 33.9 Å². The number of hydrogen-bond acceptors (Lipinski definition) is 3. The van der Waals surface area contributed by atoms with Gasteiger partial charge in [0.1, 0.15) is 0 Å². The molecule has 0 aliphatic heterocycles. The lowest BCUT2D eigenvalue weighted by molar-refractivity contribution is 0.630. The molecule has 0 amide bonds. The zero-order chi connectivity index (χ0) is 20.9. The molecule has 0 N–H and O–H groups in total. The highest BCUT2D eigenvalue weighted by Crippen LogP contribution is 2.21. The second-order valence-electron chi connectivity index (χ2n) is 7.81. The molecular formula is C22H27N5O2. The van der Waals surface area contributed by atoms with Crippen molar-refractivity contribution in [2.75, 3.05) is 0 Å². The summed E-state index contributed by atoms with van der Waals surface area (Å²) in [6.45, 7) is 9.30. The zero-order valence-corrected chi connectivity index (χ0v) is 17.7. The van der Waals surface area contributed by atoms with Gasteiger partial charge in [-0.15, -0.1) is 0 Å². The highest BCUT2D eigenvalue weighted by molar-refractivity contribution is 5.76. The first kappa shape index (κ1) is 19.2. The Bertz CT molecular complexity index is 1330. The number of imidazole rings is 2. The van der Waals surface area contributed by atoms with Gasteiger partial charge < -0.3 is 4.57 Å². The number of hydrogen-bond donors (Lipinski definition) is 0. The number of fused-ring (bicyclic) bond motifs is 3. The van der Waals surface area contributed by atoms with Crippen LogP contribution in [-0.4, -0.2) is 23.1 Å². The van der Waals surface area contributed by atoms with Gasteiger partial charge in [-0.2, -0.15) is 4.98 Å². The van der Waals surface area contributed by atoms with Gasteiger partial charge in [0.15, 0.2) is 11.2 Å². The van der Waals surface area contributed by atoms with Crippen molar-refractivity contribution in [3.8, 4) is 0 Å². The summed E-state index contributed by atoms with van der Waals surface area (Å²) < 4.78 is 6.84. The fourth-order valence-corrected chi connectivity index (χ4v) is 3.91. The van der Waals surface area contributed by atoms with Crippen LogP contribution < -0.4 is 11.2 Å². The van der Waals surface area contributed by atoms with Crippen molar-refractivity contribution < 1.29 is 0 Å². The van der Waals surface area contributed by atoms with Crippen LogP contribution in [0.1, 0.15) is 42.3 Å². The maximum Gasteiger partial charge on any atom is 0.332 e. The minimum Gasteiger partial charge on any atom is -0.314 e. The first-order valence-corrected chi connectivity index (χ1v) is 10.1. The lowest BCUT2D eigenvalue weighted by Gasteiger charge is -2.09. The molecule has 0 fully saturated rings. The SMILES string of the molecule is CCCCn1c(C)c(C)n2c3c(=O)n(Cc4ccc(C)cc4)c(=O)n(C)c3nc12. The predicted molar refractivity (Wildman–Crippen MR) is 115 cm³/mol. The average molecular weight is 393 g/mol. The van der Waals surface area contributed by atoms with E-state index in [1.807, 2.05) is 42.5 Å².